The largest absolute Gasteiger partial charge is 0.333 e. The number of pyridine rings is 1. The molecule has 0 aliphatic carbocycles. The van der Waals surface area contributed by atoms with Crippen LogP contribution in [0, 0.1) is 6.92 Å². The van der Waals surface area contributed by atoms with Crippen LogP contribution in [-0.2, 0) is 7.05 Å². The lowest BCUT2D eigenvalue weighted by molar-refractivity contribution is 0.845. The van der Waals surface area contributed by atoms with E-state index in [4.69, 9.17) is 0 Å². The van der Waals surface area contributed by atoms with Crippen LogP contribution in [0.2, 0.25) is 0 Å². The number of hydrogen-bond acceptors (Lipinski definition) is 2. The van der Waals surface area contributed by atoms with Crippen molar-refractivity contribution in [2.24, 2.45) is 7.05 Å². The second kappa shape index (κ2) is 5.30. The average molecular weight is 293 g/mol. The molecule has 0 radical (unpaired) electrons. The number of hydrogen-bond donors (Lipinski definition) is 0. The Labute approximate surface area is 128 Å². The summed E-state index contributed by atoms with van der Waals surface area (Å²) in [5, 5.41) is 1.87. The molecule has 112 valence electrons. The number of aryl methyl sites for hydroxylation is 2. The van der Waals surface area contributed by atoms with Gasteiger partial charge in [0, 0.05) is 12.3 Å². The smallest absolute Gasteiger partial charge is 0.293 e. The monoisotopic (exact) mass is 293 g/mol. The van der Waals surface area contributed by atoms with Crippen LogP contribution in [0.4, 0.5) is 0 Å². The lowest BCUT2D eigenvalue weighted by Crippen LogP contribution is -2.30. The number of fused-ring (bicyclic) bond motifs is 1. The third-order valence-corrected chi connectivity index (χ3v) is 4.02. The molecule has 0 amide bonds. The molecular weight excluding hydrogens is 274 g/mol. The molecule has 4 heteroatoms. The number of aromatic nitrogens is 3. The van der Waals surface area contributed by atoms with Crippen molar-refractivity contribution >= 4 is 23.2 Å². The normalized spacial score (nSPS) is 13.3. The van der Waals surface area contributed by atoms with E-state index in [-0.39, 0.29) is 5.69 Å². The van der Waals surface area contributed by atoms with Gasteiger partial charge in [-0.1, -0.05) is 29.8 Å². The predicted octanol–water partition coefficient (Wildman–Crippen LogP) is 1.63. The number of benzene rings is 1. The Balaban J connectivity index is 2.57. The van der Waals surface area contributed by atoms with Gasteiger partial charge in [0.05, 0.1) is 28.3 Å². The van der Waals surface area contributed by atoms with E-state index >= 15 is 0 Å². The van der Waals surface area contributed by atoms with Crippen molar-refractivity contribution in [3.05, 3.63) is 57.1 Å². The van der Waals surface area contributed by atoms with E-state index in [2.05, 4.69) is 4.98 Å². The number of rotatable bonds is 1. The first-order chi connectivity index (χ1) is 10.6. The van der Waals surface area contributed by atoms with Gasteiger partial charge in [0.15, 0.2) is 0 Å². The SMILES string of the molecule is CC=c1ncc2c(c1=CC)n(-c1ccc(C)cc1)c(=O)n2C. The summed E-state index contributed by atoms with van der Waals surface area (Å²) in [6.45, 7) is 5.97. The van der Waals surface area contributed by atoms with Crippen molar-refractivity contribution in [2.45, 2.75) is 20.8 Å². The molecule has 4 nitrogen and oxygen atoms in total. The highest BCUT2D eigenvalue weighted by Gasteiger charge is 2.14. The molecular formula is C18H19N3O. The van der Waals surface area contributed by atoms with Crippen LogP contribution in [0.15, 0.2) is 35.3 Å². The van der Waals surface area contributed by atoms with Gasteiger partial charge in [-0.15, -0.1) is 0 Å². The van der Waals surface area contributed by atoms with E-state index in [0.29, 0.717) is 0 Å². The zero-order chi connectivity index (χ0) is 15.9. The Morgan fingerprint density at radius 3 is 2.36 bits per heavy atom. The van der Waals surface area contributed by atoms with Gasteiger partial charge in [-0.2, -0.15) is 0 Å². The molecule has 3 rings (SSSR count). The molecule has 0 bridgehead atoms. The summed E-state index contributed by atoms with van der Waals surface area (Å²) in [6, 6.07) is 7.99. The second-order valence-corrected chi connectivity index (χ2v) is 5.38. The maximum absolute atomic E-state index is 12.7. The Kier molecular flexibility index (Phi) is 3.45. The first-order valence-electron chi connectivity index (χ1n) is 7.34. The lowest BCUT2D eigenvalue weighted by atomic mass is 10.2. The zero-order valence-corrected chi connectivity index (χ0v) is 13.3. The Morgan fingerprint density at radius 2 is 1.77 bits per heavy atom. The highest BCUT2D eigenvalue weighted by molar-refractivity contribution is 5.78. The van der Waals surface area contributed by atoms with Crippen LogP contribution >= 0.6 is 0 Å². The standard InChI is InChI=1S/C18H19N3O/c1-5-14-15(6-2)19-11-16-17(14)21(18(22)20(16)4)13-9-7-12(3)8-10-13/h5-11H,1-4H3. The fourth-order valence-electron chi connectivity index (χ4n) is 2.80. The minimum atomic E-state index is -0.0583. The molecule has 0 atom stereocenters. The summed E-state index contributed by atoms with van der Waals surface area (Å²) in [5.41, 5.74) is 3.73. The average Bonchev–Trinajstić information content (AvgIpc) is 2.79. The summed E-state index contributed by atoms with van der Waals surface area (Å²) in [6.07, 6.45) is 5.74. The van der Waals surface area contributed by atoms with Crippen molar-refractivity contribution < 1.29 is 0 Å². The van der Waals surface area contributed by atoms with Crippen molar-refractivity contribution in [3.8, 4) is 5.69 Å². The van der Waals surface area contributed by atoms with Gasteiger partial charge in [-0.05, 0) is 32.9 Å². The molecule has 0 fully saturated rings. The van der Waals surface area contributed by atoms with Crippen LogP contribution in [0.3, 0.4) is 0 Å². The molecule has 1 aromatic carbocycles. The van der Waals surface area contributed by atoms with E-state index in [9.17, 15) is 4.79 Å². The molecule has 0 saturated carbocycles. The molecule has 0 unspecified atom stereocenters. The maximum atomic E-state index is 12.7. The Hall–Kier alpha value is -2.62. The zero-order valence-electron chi connectivity index (χ0n) is 13.3. The Bertz CT molecular complexity index is 1020. The van der Waals surface area contributed by atoms with Crippen molar-refractivity contribution in [1.82, 2.24) is 14.1 Å². The van der Waals surface area contributed by atoms with Gasteiger partial charge in [-0.25, -0.2) is 4.79 Å². The lowest BCUT2D eigenvalue weighted by Gasteiger charge is -2.04. The van der Waals surface area contributed by atoms with Crippen molar-refractivity contribution in [2.75, 3.05) is 0 Å². The minimum Gasteiger partial charge on any atom is -0.293 e. The van der Waals surface area contributed by atoms with Gasteiger partial charge in [0.25, 0.3) is 0 Å². The van der Waals surface area contributed by atoms with Crippen LogP contribution in [0.1, 0.15) is 19.4 Å². The highest BCUT2D eigenvalue weighted by Crippen LogP contribution is 2.13. The topological polar surface area (TPSA) is 39.8 Å². The number of nitrogens with zero attached hydrogens (tertiary/aromatic N) is 3. The van der Waals surface area contributed by atoms with Gasteiger partial charge >= 0.3 is 5.69 Å². The van der Waals surface area contributed by atoms with Crippen molar-refractivity contribution in [3.63, 3.8) is 0 Å². The van der Waals surface area contributed by atoms with Crippen LogP contribution < -0.4 is 16.3 Å². The summed E-state index contributed by atoms with van der Waals surface area (Å²) in [4.78, 5) is 17.2. The molecule has 0 aliphatic rings. The molecule has 0 aliphatic heterocycles. The van der Waals surface area contributed by atoms with Gasteiger partial charge < -0.3 is 0 Å². The first-order valence-corrected chi connectivity index (χ1v) is 7.34. The van der Waals surface area contributed by atoms with Crippen LogP contribution in [0.25, 0.3) is 28.9 Å². The quantitative estimate of drug-likeness (QED) is 0.684. The summed E-state index contributed by atoms with van der Waals surface area (Å²) >= 11 is 0. The first kappa shape index (κ1) is 14.3. The summed E-state index contributed by atoms with van der Waals surface area (Å²) in [5.74, 6) is 0. The fourth-order valence-corrected chi connectivity index (χ4v) is 2.80. The van der Waals surface area contributed by atoms with E-state index in [1.807, 2.05) is 57.2 Å². The molecule has 3 aromatic rings. The van der Waals surface area contributed by atoms with Gasteiger partial charge in [0.2, 0.25) is 0 Å². The van der Waals surface area contributed by atoms with Gasteiger partial charge in [0.1, 0.15) is 0 Å². The second-order valence-electron chi connectivity index (χ2n) is 5.38. The Morgan fingerprint density at radius 1 is 1.09 bits per heavy atom. The van der Waals surface area contributed by atoms with Crippen LogP contribution in [-0.4, -0.2) is 14.1 Å². The third-order valence-electron chi connectivity index (χ3n) is 4.02. The molecule has 0 N–H and O–H groups in total. The van der Waals surface area contributed by atoms with E-state index in [1.54, 1.807) is 22.4 Å². The fraction of sp³-hybridized carbons (Fsp3) is 0.222. The van der Waals surface area contributed by atoms with E-state index in [1.165, 1.54) is 5.56 Å². The third kappa shape index (κ3) is 1.99. The predicted molar refractivity (Wildman–Crippen MR) is 90.6 cm³/mol. The molecule has 0 saturated heterocycles. The maximum Gasteiger partial charge on any atom is 0.333 e. The van der Waals surface area contributed by atoms with Crippen LogP contribution in [0.5, 0.6) is 0 Å². The summed E-state index contributed by atoms with van der Waals surface area (Å²) in [7, 11) is 1.78. The molecule has 2 aromatic heterocycles. The summed E-state index contributed by atoms with van der Waals surface area (Å²) < 4.78 is 3.41. The number of imidazole rings is 1. The minimum absolute atomic E-state index is 0.0583. The van der Waals surface area contributed by atoms with E-state index in [0.717, 1.165) is 27.3 Å². The molecule has 2 heterocycles. The van der Waals surface area contributed by atoms with E-state index < -0.39 is 0 Å². The molecule has 22 heavy (non-hydrogen) atoms. The highest BCUT2D eigenvalue weighted by atomic mass is 16.1. The van der Waals surface area contributed by atoms with Crippen molar-refractivity contribution in [1.29, 1.82) is 0 Å². The van der Waals surface area contributed by atoms with Gasteiger partial charge in [-0.3, -0.25) is 14.1 Å². The molecule has 0 spiro atoms.